The number of amides is 2. The monoisotopic (exact) mass is 282 g/mol. The summed E-state index contributed by atoms with van der Waals surface area (Å²) in [7, 11) is 0. The Labute approximate surface area is 116 Å². The number of aliphatic carboxylic acids is 1. The smallest absolute Gasteiger partial charge is 0.326 e. The van der Waals surface area contributed by atoms with Crippen molar-refractivity contribution >= 4 is 29.3 Å². The number of rotatable bonds is 2. The normalized spacial score (nSPS) is 18.4. The van der Waals surface area contributed by atoms with E-state index >= 15 is 0 Å². The zero-order chi connectivity index (χ0) is 14.0. The number of nitrogens with one attached hydrogen (secondary N) is 1. The van der Waals surface area contributed by atoms with E-state index in [2.05, 4.69) is 5.32 Å². The first-order valence-electron chi connectivity index (χ1n) is 6.05. The maximum absolute atomic E-state index is 12.1. The maximum Gasteiger partial charge on any atom is 0.326 e. The highest BCUT2D eigenvalue weighted by atomic mass is 35.5. The molecule has 5 nitrogen and oxygen atoms in total. The third-order valence-electron chi connectivity index (χ3n) is 3.23. The third kappa shape index (κ3) is 2.98. The summed E-state index contributed by atoms with van der Waals surface area (Å²) < 4.78 is 0. The average Bonchev–Trinajstić information content (AvgIpc) is 2.82. The summed E-state index contributed by atoms with van der Waals surface area (Å²) in [6, 6.07) is 4.03. The molecule has 0 aliphatic carbocycles. The minimum atomic E-state index is -0.958. The second kappa shape index (κ2) is 5.48. The van der Waals surface area contributed by atoms with Crippen LogP contribution < -0.4 is 5.32 Å². The van der Waals surface area contributed by atoms with Gasteiger partial charge in [-0.3, -0.25) is 0 Å². The Kier molecular flexibility index (Phi) is 3.95. The molecule has 1 aliphatic heterocycles. The molecule has 1 aromatic carbocycles. The van der Waals surface area contributed by atoms with Gasteiger partial charge in [0.15, 0.2) is 0 Å². The van der Waals surface area contributed by atoms with E-state index in [1.54, 1.807) is 18.2 Å². The molecule has 2 amide bonds. The van der Waals surface area contributed by atoms with E-state index in [1.165, 1.54) is 4.90 Å². The fraction of sp³-hybridized carbons (Fsp3) is 0.385. The second-order valence-corrected chi connectivity index (χ2v) is 5.02. The van der Waals surface area contributed by atoms with Crippen LogP contribution in [0.5, 0.6) is 0 Å². The molecular weight excluding hydrogens is 268 g/mol. The number of aryl methyl sites for hydroxylation is 1. The molecule has 1 aromatic rings. The highest BCUT2D eigenvalue weighted by Crippen LogP contribution is 2.22. The SMILES string of the molecule is Cc1cc(Cl)ccc1NC(=O)N1CCC[C@@H]1C(=O)O. The van der Waals surface area contributed by atoms with E-state index in [4.69, 9.17) is 16.7 Å². The predicted octanol–water partition coefficient (Wildman–Crippen LogP) is 2.73. The van der Waals surface area contributed by atoms with Gasteiger partial charge in [0.05, 0.1) is 0 Å². The van der Waals surface area contributed by atoms with Gasteiger partial charge in [-0.2, -0.15) is 0 Å². The summed E-state index contributed by atoms with van der Waals surface area (Å²) in [5.41, 5.74) is 1.48. The van der Waals surface area contributed by atoms with Gasteiger partial charge in [0, 0.05) is 17.3 Å². The highest BCUT2D eigenvalue weighted by Gasteiger charge is 2.34. The fourth-order valence-electron chi connectivity index (χ4n) is 2.22. The lowest BCUT2D eigenvalue weighted by Crippen LogP contribution is -2.42. The molecule has 0 saturated carbocycles. The fourth-order valence-corrected chi connectivity index (χ4v) is 2.45. The number of carbonyl (C=O) groups is 2. The van der Waals surface area contributed by atoms with Crippen LogP contribution in [0.25, 0.3) is 0 Å². The zero-order valence-corrected chi connectivity index (χ0v) is 11.3. The van der Waals surface area contributed by atoms with Crippen molar-refractivity contribution in [2.24, 2.45) is 0 Å². The number of hydrogen-bond acceptors (Lipinski definition) is 2. The molecule has 19 heavy (non-hydrogen) atoms. The molecule has 2 rings (SSSR count). The zero-order valence-electron chi connectivity index (χ0n) is 10.5. The molecule has 0 aromatic heterocycles. The Morgan fingerprint density at radius 3 is 2.84 bits per heavy atom. The number of carbonyl (C=O) groups excluding carboxylic acids is 1. The van der Waals surface area contributed by atoms with Gasteiger partial charge in [-0.15, -0.1) is 0 Å². The van der Waals surface area contributed by atoms with Crippen molar-refractivity contribution in [3.05, 3.63) is 28.8 Å². The molecule has 2 N–H and O–H groups in total. The van der Waals surface area contributed by atoms with Crippen LogP contribution in [0.3, 0.4) is 0 Å². The van der Waals surface area contributed by atoms with Gasteiger partial charge in [-0.05, 0) is 43.5 Å². The number of carboxylic acid groups (broad SMARTS) is 1. The van der Waals surface area contributed by atoms with Crippen molar-refractivity contribution in [1.82, 2.24) is 4.90 Å². The molecular formula is C13H15ClN2O3. The van der Waals surface area contributed by atoms with Crippen LogP contribution in [0.1, 0.15) is 18.4 Å². The topological polar surface area (TPSA) is 69.6 Å². The predicted molar refractivity (Wildman–Crippen MR) is 72.6 cm³/mol. The molecule has 0 unspecified atom stereocenters. The minimum Gasteiger partial charge on any atom is -0.480 e. The molecule has 6 heteroatoms. The number of nitrogens with zero attached hydrogens (tertiary/aromatic N) is 1. The van der Waals surface area contributed by atoms with Crippen molar-refractivity contribution in [1.29, 1.82) is 0 Å². The Morgan fingerprint density at radius 1 is 1.47 bits per heavy atom. The van der Waals surface area contributed by atoms with E-state index in [0.717, 1.165) is 5.56 Å². The minimum absolute atomic E-state index is 0.379. The van der Waals surface area contributed by atoms with E-state index in [9.17, 15) is 9.59 Å². The quantitative estimate of drug-likeness (QED) is 0.876. The highest BCUT2D eigenvalue weighted by molar-refractivity contribution is 6.30. The number of benzene rings is 1. The van der Waals surface area contributed by atoms with E-state index in [1.807, 2.05) is 6.92 Å². The van der Waals surface area contributed by atoms with Crippen molar-refractivity contribution < 1.29 is 14.7 Å². The lowest BCUT2D eigenvalue weighted by atomic mass is 10.2. The third-order valence-corrected chi connectivity index (χ3v) is 3.46. The van der Waals surface area contributed by atoms with Gasteiger partial charge in [0.2, 0.25) is 0 Å². The average molecular weight is 283 g/mol. The molecule has 102 valence electrons. The Hall–Kier alpha value is -1.75. The van der Waals surface area contributed by atoms with Gasteiger partial charge in [0.1, 0.15) is 6.04 Å². The van der Waals surface area contributed by atoms with Gasteiger partial charge < -0.3 is 15.3 Å². The number of likely N-dealkylation sites (tertiary alicyclic amines) is 1. The molecule has 1 atom stereocenters. The molecule has 0 radical (unpaired) electrons. The molecule has 1 aliphatic rings. The molecule has 0 bridgehead atoms. The van der Waals surface area contributed by atoms with Crippen molar-refractivity contribution in [3.8, 4) is 0 Å². The first-order chi connectivity index (χ1) is 8.99. The number of anilines is 1. The van der Waals surface area contributed by atoms with Crippen LogP contribution in [-0.4, -0.2) is 34.6 Å². The molecule has 1 heterocycles. The summed E-state index contributed by atoms with van der Waals surface area (Å²) in [5, 5.41) is 12.4. The van der Waals surface area contributed by atoms with E-state index in [0.29, 0.717) is 30.1 Å². The second-order valence-electron chi connectivity index (χ2n) is 4.58. The summed E-state index contributed by atoms with van der Waals surface area (Å²) in [6.07, 6.45) is 1.21. The first kappa shape index (κ1) is 13.7. The summed E-state index contributed by atoms with van der Waals surface area (Å²) >= 11 is 5.84. The van der Waals surface area contributed by atoms with Crippen LogP contribution in [0, 0.1) is 6.92 Å². The van der Waals surface area contributed by atoms with Crippen LogP contribution in [-0.2, 0) is 4.79 Å². The van der Waals surface area contributed by atoms with Gasteiger partial charge in [-0.25, -0.2) is 9.59 Å². The van der Waals surface area contributed by atoms with Crippen molar-refractivity contribution in [3.63, 3.8) is 0 Å². The first-order valence-corrected chi connectivity index (χ1v) is 6.43. The van der Waals surface area contributed by atoms with E-state index < -0.39 is 12.0 Å². The number of halogens is 1. The summed E-state index contributed by atoms with van der Waals surface area (Å²) in [4.78, 5) is 24.5. The standard InChI is InChI=1S/C13H15ClN2O3/c1-8-7-9(14)4-5-10(8)15-13(19)16-6-2-3-11(16)12(17)18/h4-5,7,11H,2-3,6H2,1H3,(H,15,19)(H,17,18)/t11-/m1/s1. The molecule has 1 saturated heterocycles. The van der Waals surface area contributed by atoms with Gasteiger partial charge in [0.25, 0.3) is 0 Å². The molecule has 1 fully saturated rings. The van der Waals surface area contributed by atoms with Crippen LogP contribution in [0.4, 0.5) is 10.5 Å². The van der Waals surface area contributed by atoms with Crippen LogP contribution in [0.2, 0.25) is 5.02 Å². The Balaban J connectivity index is 2.10. The van der Waals surface area contributed by atoms with E-state index in [-0.39, 0.29) is 6.03 Å². The lowest BCUT2D eigenvalue weighted by Gasteiger charge is -2.22. The number of urea groups is 1. The van der Waals surface area contributed by atoms with Crippen LogP contribution in [0.15, 0.2) is 18.2 Å². The molecule has 0 spiro atoms. The van der Waals surface area contributed by atoms with Crippen LogP contribution >= 0.6 is 11.6 Å². The lowest BCUT2D eigenvalue weighted by molar-refractivity contribution is -0.141. The van der Waals surface area contributed by atoms with Gasteiger partial charge >= 0.3 is 12.0 Å². The number of carboxylic acids is 1. The van der Waals surface area contributed by atoms with Gasteiger partial charge in [-0.1, -0.05) is 11.6 Å². The Morgan fingerprint density at radius 2 is 2.21 bits per heavy atom. The van der Waals surface area contributed by atoms with Crippen molar-refractivity contribution in [2.75, 3.05) is 11.9 Å². The van der Waals surface area contributed by atoms with Crippen molar-refractivity contribution in [2.45, 2.75) is 25.8 Å². The number of hydrogen-bond donors (Lipinski definition) is 2. The maximum atomic E-state index is 12.1. The Bertz CT molecular complexity index is 519. The largest absolute Gasteiger partial charge is 0.480 e. The summed E-state index contributed by atoms with van der Waals surface area (Å²) in [6.45, 7) is 2.30. The summed E-state index contributed by atoms with van der Waals surface area (Å²) in [5.74, 6) is -0.958.